The Balaban J connectivity index is 1.57. The van der Waals surface area contributed by atoms with E-state index in [1.54, 1.807) is 23.0 Å². The maximum absolute atomic E-state index is 12.7. The second-order valence-electron chi connectivity index (χ2n) is 6.60. The molecule has 6 heteroatoms. The quantitative estimate of drug-likeness (QED) is 0.926. The van der Waals surface area contributed by atoms with Crippen molar-refractivity contribution >= 4 is 11.8 Å². The zero-order chi connectivity index (χ0) is 17.8. The molecule has 1 aromatic heterocycles. The van der Waals surface area contributed by atoms with Gasteiger partial charge in [-0.05, 0) is 37.8 Å². The van der Waals surface area contributed by atoms with Crippen molar-refractivity contribution in [2.24, 2.45) is 13.0 Å². The molecule has 1 aliphatic heterocycles. The third-order valence-corrected chi connectivity index (χ3v) is 4.86. The molecule has 0 bridgehead atoms. The molecule has 2 amide bonds. The van der Waals surface area contributed by atoms with Gasteiger partial charge in [-0.15, -0.1) is 0 Å². The van der Waals surface area contributed by atoms with Crippen LogP contribution < -0.4 is 5.32 Å². The average molecular weight is 340 g/mol. The monoisotopic (exact) mass is 340 g/mol. The fraction of sp³-hybridized carbons (Fsp3) is 0.421. The Morgan fingerprint density at radius 3 is 2.72 bits per heavy atom. The van der Waals surface area contributed by atoms with Crippen molar-refractivity contribution in [3.63, 3.8) is 0 Å². The number of piperidine rings is 1. The van der Waals surface area contributed by atoms with Gasteiger partial charge in [0.1, 0.15) is 0 Å². The molecule has 6 nitrogen and oxygen atoms in total. The zero-order valence-electron chi connectivity index (χ0n) is 14.7. The van der Waals surface area contributed by atoms with Crippen LogP contribution >= 0.6 is 0 Å². The molecule has 1 unspecified atom stereocenters. The Morgan fingerprint density at radius 1 is 1.28 bits per heavy atom. The van der Waals surface area contributed by atoms with Crippen LogP contribution in [0.4, 0.5) is 0 Å². The third kappa shape index (κ3) is 3.90. The van der Waals surface area contributed by atoms with Crippen LogP contribution in [0.15, 0.2) is 36.5 Å². The number of rotatable bonds is 4. The van der Waals surface area contributed by atoms with Gasteiger partial charge in [-0.3, -0.25) is 14.3 Å². The van der Waals surface area contributed by atoms with Gasteiger partial charge >= 0.3 is 0 Å². The van der Waals surface area contributed by atoms with Crippen LogP contribution in [-0.4, -0.2) is 46.1 Å². The number of aryl methyl sites for hydroxylation is 1. The maximum atomic E-state index is 12.7. The number of aromatic nitrogens is 2. The molecule has 0 saturated carbocycles. The van der Waals surface area contributed by atoms with Gasteiger partial charge in [0.2, 0.25) is 0 Å². The molecule has 1 saturated heterocycles. The highest BCUT2D eigenvalue weighted by molar-refractivity contribution is 5.95. The number of carbonyl (C=O) groups excluding carboxylic acids is 2. The summed E-state index contributed by atoms with van der Waals surface area (Å²) in [6.07, 6.45) is 3.61. The van der Waals surface area contributed by atoms with E-state index in [2.05, 4.69) is 10.4 Å². The third-order valence-electron chi connectivity index (χ3n) is 4.86. The number of nitrogens with one attached hydrogen (secondary N) is 1. The Bertz CT molecular complexity index is 754. The SMILES string of the molecule is Cc1c(C(=O)N2CCCC(CNC(=O)c3ccccc3)C2)cnn1C. The van der Waals surface area contributed by atoms with Crippen LogP contribution in [0, 0.1) is 12.8 Å². The van der Waals surface area contributed by atoms with E-state index in [4.69, 9.17) is 0 Å². The fourth-order valence-electron chi connectivity index (χ4n) is 3.22. The second-order valence-corrected chi connectivity index (χ2v) is 6.60. The number of hydrogen-bond donors (Lipinski definition) is 1. The smallest absolute Gasteiger partial charge is 0.257 e. The van der Waals surface area contributed by atoms with E-state index in [0.29, 0.717) is 24.2 Å². The van der Waals surface area contributed by atoms with E-state index in [0.717, 1.165) is 25.1 Å². The predicted octanol–water partition coefficient (Wildman–Crippen LogP) is 2.01. The van der Waals surface area contributed by atoms with E-state index in [1.807, 2.05) is 37.1 Å². The first kappa shape index (κ1) is 17.2. The van der Waals surface area contributed by atoms with Crippen LogP contribution in [0.25, 0.3) is 0 Å². The zero-order valence-corrected chi connectivity index (χ0v) is 14.7. The second kappa shape index (κ2) is 7.51. The highest BCUT2D eigenvalue weighted by Gasteiger charge is 2.26. The van der Waals surface area contributed by atoms with Gasteiger partial charge in [-0.1, -0.05) is 18.2 Å². The molecule has 0 aliphatic carbocycles. The topological polar surface area (TPSA) is 67.2 Å². The molecule has 1 atom stereocenters. The molecule has 3 rings (SSSR count). The normalized spacial score (nSPS) is 17.4. The minimum atomic E-state index is -0.0628. The molecule has 1 aliphatic rings. The highest BCUT2D eigenvalue weighted by Crippen LogP contribution is 2.19. The Labute approximate surface area is 147 Å². The lowest BCUT2D eigenvalue weighted by atomic mass is 9.97. The van der Waals surface area contributed by atoms with E-state index < -0.39 is 0 Å². The lowest BCUT2D eigenvalue weighted by Crippen LogP contribution is -2.43. The molecule has 25 heavy (non-hydrogen) atoms. The minimum absolute atomic E-state index is 0.0321. The minimum Gasteiger partial charge on any atom is -0.352 e. The van der Waals surface area contributed by atoms with Gasteiger partial charge in [0.25, 0.3) is 11.8 Å². The summed E-state index contributed by atoms with van der Waals surface area (Å²) in [5, 5.41) is 7.15. The maximum Gasteiger partial charge on any atom is 0.257 e. The average Bonchev–Trinajstić information content (AvgIpc) is 2.99. The number of hydrogen-bond acceptors (Lipinski definition) is 3. The summed E-state index contributed by atoms with van der Waals surface area (Å²) in [6.45, 7) is 3.92. The molecule has 0 spiro atoms. The van der Waals surface area contributed by atoms with E-state index in [9.17, 15) is 9.59 Å². The van der Waals surface area contributed by atoms with Crippen molar-refractivity contribution < 1.29 is 9.59 Å². The van der Waals surface area contributed by atoms with Gasteiger partial charge in [-0.25, -0.2) is 0 Å². The first-order valence-electron chi connectivity index (χ1n) is 8.67. The summed E-state index contributed by atoms with van der Waals surface area (Å²) >= 11 is 0. The largest absolute Gasteiger partial charge is 0.352 e. The Hall–Kier alpha value is -2.63. The van der Waals surface area contributed by atoms with Crippen LogP contribution in [0.1, 0.15) is 39.3 Å². The Kier molecular flexibility index (Phi) is 5.16. The number of nitrogens with zero attached hydrogens (tertiary/aromatic N) is 3. The first-order valence-corrected chi connectivity index (χ1v) is 8.67. The van der Waals surface area contributed by atoms with E-state index >= 15 is 0 Å². The molecule has 1 fully saturated rings. The summed E-state index contributed by atoms with van der Waals surface area (Å²) < 4.78 is 1.72. The van der Waals surface area contributed by atoms with Crippen LogP contribution in [0.2, 0.25) is 0 Å². The number of carbonyl (C=O) groups is 2. The van der Waals surface area contributed by atoms with Crippen LogP contribution in [-0.2, 0) is 7.05 Å². The summed E-state index contributed by atoms with van der Waals surface area (Å²) in [6, 6.07) is 9.20. The van der Waals surface area contributed by atoms with Gasteiger partial charge in [0, 0.05) is 37.9 Å². The molecule has 2 heterocycles. The van der Waals surface area contributed by atoms with Gasteiger partial charge in [-0.2, -0.15) is 5.10 Å². The molecule has 132 valence electrons. The summed E-state index contributed by atoms with van der Waals surface area (Å²) in [5.41, 5.74) is 2.21. The number of amides is 2. The summed E-state index contributed by atoms with van der Waals surface area (Å²) in [4.78, 5) is 26.8. The van der Waals surface area contributed by atoms with Gasteiger partial charge in [0.05, 0.1) is 11.8 Å². The lowest BCUT2D eigenvalue weighted by Gasteiger charge is -2.32. The summed E-state index contributed by atoms with van der Waals surface area (Å²) in [5.74, 6) is 0.249. The predicted molar refractivity (Wildman–Crippen MR) is 95.3 cm³/mol. The molecule has 1 N–H and O–H groups in total. The van der Waals surface area contributed by atoms with Crippen molar-refractivity contribution in [1.82, 2.24) is 20.0 Å². The Morgan fingerprint density at radius 2 is 2.04 bits per heavy atom. The van der Waals surface area contributed by atoms with Crippen LogP contribution in [0.3, 0.4) is 0 Å². The van der Waals surface area contributed by atoms with Crippen molar-refractivity contribution in [2.45, 2.75) is 19.8 Å². The fourth-order valence-corrected chi connectivity index (χ4v) is 3.22. The number of benzene rings is 1. The molecule has 1 aromatic carbocycles. The first-order chi connectivity index (χ1) is 12.1. The lowest BCUT2D eigenvalue weighted by molar-refractivity contribution is 0.0670. The van der Waals surface area contributed by atoms with E-state index in [1.165, 1.54) is 0 Å². The molecule has 0 radical (unpaired) electrons. The molecule has 2 aromatic rings. The molecular weight excluding hydrogens is 316 g/mol. The van der Waals surface area contributed by atoms with Crippen molar-refractivity contribution in [3.05, 3.63) is 53.3 Å². The van der Waals surface area contributed by atoms with Crippen LogP contribution in [0.5, 0.6) is 0 Å². The van der Waals surface area contributed by atoms with E-state index in [-0.39, 0.29) is 17.7 Å². The standard InChI is InChI=1S/C19H24N4O2/c1-14-17(12-21-22(14)2)19(25)23-10-6-7-15(13-23)11-20-18(24)16-8-4-3-5-9-16/h3-5,8-9,12,15H,6-7,10-11,13H2,1-2H3,(H,20,24). The van der Waals surface area contributed by atoms with Crippen molar-refractivity contribution in [2.75, 3.05) is 19.6 Å². The van der Waals surface area contributed by atoms with Crippen molar-refractivity contribution in [1.29, 1.82) is 0 Å². The number of likely N-dealkylation sites (tertiary alicyclic amines) is 1. The summed E-state index contributed by atoms with van der Waals surface area (Å²) in [7, 11) is 1.84. The molecular formula is C19H24N4O2. The van der Waals surface area contributed by atoms with Gasteiger partial charge in [0.15, 0.2) is 0 Å². The van der Waals surface area contributed by atoms with Crippen molar-refractivity contribution in [3.8, 4) is 0 Å². The van der Waals surface area contributed by atoms with Gasteiger partial charge < -0.3 is 10.2 Å². The highest BCUT2D eigenvalue weighted by atomic mass is 16.2.